The van der Waals surface area contributed by atoms with Crippen LogP contribution in [0.15, 0.2) is 34.7 Å². The second-order valence-corrected chi connectivity index (χ2v) is 16.4. The Bertz CT molecular complexity index is 465. The van der Waals surface area contributed by atoms with Gasteiger partial charge in [0, 0.05) is 25.8 Å². The van der Waals surface area contributed by atoms with E-state index in [0.29, 0.717) is 0 Å². The molecule has 144 valence electrons. The first-order valence-corrected chi connectivity index (χ1v) is 13.9. The topological polar surface area (TPSA) is 6.48 Å². The maximum atomic E-state index is 3.40. The molecule has 0 atom stereocenters. The Balaban J connectivity index is -0.000000346. The van der Waals surface area contributed by atoms with Gasteiger partial charge in [-0.25, -0.2) is 22.5 Å². The van der Waals surface area contributed by atoms with E-state index >= 15 is 0 Å². The Kier molecular flexibility index (Phi) is 15.9. The average Bonchev–Trinajstić information content (AvgIpc) is 3.13. The molecule has 0 unspecified atom stereocenters. The molecule has 0 aromatic carbocycles. The molecule has 0 aliphatic heterocycles. The van der Waals surface area contributed by atoms with Gasteiger partial charge in [0.05, 0.1) is 0 Å². The number of hydrogen-bond donors (Lipinski definition) is 0. The summed E-state index contributed by atoms with van der Waals surface area (Å²) in [6.45, 7) is 9.41. The summed E-state index contributed by atoms with van der Waals surface area (Å²) in [7, 11) is 6.05. The molecule has 2 rings (SSSR count). The predicted molar refractivity (Wildman–Crippen MR) is 118 cm³/mol. The zero-order valence-corrected chi connectivity index (χ0v) is 24.2. The predicted octanol–water partition coefficient (Wildman–Crippen LogP) is 4.80. The molecule has 0 aromatic rings. The van der Waals surface area contributed by atoms with Gasteiger partial charge >= 0.3 is 0 Å². The molecule has 0 heterocycles. The summed E-state index contributed by atoms with van der Waals surface area (Å²) in [5.41, 5.74) is 0. The largest absolute Gasteiger partial charge is 0.328 e. The van der Waals surface area contributed by atoms with Crippen LogP contribution in [0.4, 0.5) is 0 Å². The van der Waals surface area contributed by atoms with E-state index < -0.39 is 16.5 Å². The average molecular weight is 584 g/mol. The Morgan fingerprint density at radius 1 is 0.720 bits per heavy atom. The minimum Gasteiger partial charge on any atom is -0.328 e. The number of nitrogens with zero attached hydrogens (tertiary/aromatic N) is 2. The minimum absolute atomic E-state index is 0. The minimum atomic E-state index is -1.30. The van der Waals surface area contributed by atoms with Gasteiger partial charge in [-0.1, -0.05) is 26.2 Å². The molecule has 0 fully saturated rings. The van der Waals surface area contributed by atoms with Crippen LogP contribution >= 0.6 is 24.8 Å². The van der Waals surface area contributed by atoms with Crippen LogP contribution < -0.4 is 0 Å². The molecule has 2 aliphatic carbocycles. The molecule has 0 spiro atoms. The molecule has 0 saturated carbocycles. The van der Waals surface area contributed by atoms with Gasteiger partial charge in [0.2, 0.25) is 0 Å². The smallest absolute Gasteiger partial charge is 0.117 e. The summed E-state index contributed by atoms with van der Waals surface area (Å²) >= 11 is 0. The summed E-state index contributed by atoms with van der Waals surface area (Å²) in [4.78, 5) is 0. The third kappa shape index (κ3) is 8.54. The van der Waals surface area contributed by atoms with Crippen molar-refractivity contribution in [3.8, 4) is 0 Å². The quantitative estimate of drug-likeness (QED) is 0.346. The summed E-state index contributed by atoms with van der Waals surface area (Å²) in [6, 6.07) is 0. The van der Waals surface area contributed by atoms with Gasteiger partial charge in [-0.15, -0.1) is 37.7 Å². The monoisotopic (exact) mass is 584 g/mol. The van der Waals surface area contributed by atoms with E-state index in [1.54, 1.807) is 0 Å². The van der Waals surface area contributed by atoms with Crippen LogP contribution in [0.2, 0.25) is 26.2 Å². The van der Waals surface area contributed by atoms with E-state index in [4.69, 9.17) is 0 Å². The zero-order chi connectivity index (χ0) is 17.0. The van der Waals surface area contributed by atoms with Crippen molar-refractivity contribution < 1.29 is 25.8 Å². The van der Waals surface area contributed by atoms with Crippen molar-refractivity contribution in [2.24, 2.45) is 0 Å². The number of hydrogen-bond acceptors (Lipinski definition) is 2. The van der Waals surface area contributed by atoms with Crippen molar-refractivity contribution >= 4 is 41.3 Å². The van der Waals surface area contributed by atoms with Gasteiger partial charge in [0.25, 0.3) is 0 Å². The first-order chi connectivity index (χ1) is 10.1. The van der Waals surface area contributed by atoms with Gasteiger partial charge in [-0.05, 0) is 28.2 Å². The Labute approximate surface area is 189 Å². The Morgan fingerprint density at radius 2 is 1.00 bits per heavy atom. The van der Waals surface area contributed by atoms with Crippen molar-refractivity contribution in [1.29, 1.82) is 0 Å². The molecule has 0 aromatic heterocycles. The van der Waals surface area contributed by atoms with Crippen LogP contribution in [0.1, 0.15) is 12.8 Å². The fourth-order valence-electron chi connectivity index (χ4n) is 2.13. The molecule has 25 heavy (non-hydrogen) atoms. The summed E-state index contributed by atoms with van der Waals surface area (Å²) in [6.07, 6.45) is 17.7. The molecule has 2 nitrogen and oxygen atoms in total. The van der Waals surface area contributed by atoms with Crippen LogP contribution in [0.5, 0.6) is 0 Å². The van der Waals surface area contributed by atoms with Gasteiger partial charge in [-0.2, -0.15) is 12.2 Å². The van der Waals surface area contributed by atoms with E-state index in [1.165, 1.54) is 10.4 Å². The van der Waals surface area contributed by atoms with Crippen molar-refractivity contribution in [2.45, 2.75) is 39.0 Å². The van der Waals surface area contributed by atoms with Crippen LogP contribution in [-0.2, 0) is 25.8 Å². The van der Waals surface area contributed by atoms with Gasteiger partial charge in [-0.3, -0.25) is 12.2 Å². The molecule has 0 bridgehead atoms. The fourth-order valence-corrected chi connectivity index (χ4v) is 5.22. The van der Waals surface area contributed by atoms with Gasteiger partial charge < -0.3 is 9.13 Å². The molecule has 0 saturated heterocycles. The summed E-state index contributed by atoms with van der Waals surface area (Å²) in [5.74, 6) is 0. The zero-order valence-electron chi connectivity index (χ0n) is 16.9. The second-order valence-electron chi connectivity index (χ2n) is 7.30. The van der Waals surface area contributed by atoms with Crippen LogP contribution in [0, 0.1) is 12.2 Å². The molecular weight excluding hydrogens is 550 g/mol. The fraction of sp³-hybridized carbons (Fsp3) is 0.556. The first-order valence-electron chi connectivity index (χ1n) is 8.00. The summed E-state index contributed by atoms with van der Waals surface area (Å²) < 4.78 is 4.70. The van der Waals surface area contributed by atoms with E-state index in [2.05, 4.69) is 100.0 Å². The molecule has 0 N–H and O–H groups in total. The van der Waals surface area contributed by atoms with E-state index in [-0.39, 0.29) is 50.7 Å². The molecular formula is C18H34Cl2HfN2Si2-2. The maximum absolute atomic E-state index is 3.40. The van der Waals surface area contributed by atoms with E-state index in [9.17, 15) is 0 Å². The normalized spacial score (nSPS) is 15.6. The SMILES string of the molecule is CN(C)[Si](C)(C)C1=[C-]CC=C1.CN(C)[Si](C)(C)C1=[C-]CC=C1.Cl.Cl.[Hf]. The van der Waals surface area contributed by atoms with Crippen molar-refractivity contribution in [3.05, 3.63) is 46.8 Å². The third-order valence-corrected chi connectivity index (χ3v) is 12.7. The van der Waals surface area contributed by atoms with Crippen molar-refractivity contribution in [2.75, 3.05) is 28.2 Å². The molecule has 0 amide bonds. The number of allylic oxidation sites excluding steroid dienone is 8. The van der Waals surface area contributed by atoms with Crippen LogP contribution in [0.3, 0.4) is 0 Å². The number of rotatable bonds is 4. The molecule has 0 radical (unpaired) electrons. The maximum Gasteiger partial charge on any atom is 0.117 e. The van der Waals surface area contributed by atoms with Gasteiger partial charge in [0.1, 0.15) is 16.5 Å². The van der Waals surface area contributed by atoms with E-state index in [0.717, 1.165) is 12.8 Å². The van der Waals surface area contributed by atoms with Crippen LogP contribution in [0.25, 0.3) is 0 Å². The van der Waals surface area contributed by atoms with Crippen molar-refractivity contribution in [3.63, 3.8) is 0 Å². The van der Waals surface area contributed by atoms with Crippen LogP contribution in [-0.4, -0.2) is 53.8 Å². The standard InChI is InChI=1S/2C9H16NSi.2ClH.Hf/c2*1-10(2)11(3,4)9-7-5-6-8-9;;;/h2*5,7H,6H2,1-4H3;2*1H;/q2*-1;;;. The second kappa shape index (κ2) is 13.0. The Hall–Kier alpha value is 0.764. The van der Waals surface area contributed by atoms with E-state index in [1.807, 2.05) is 0 Å². The number of halogens is 2. The molecule has 2 aliphatic rings. The summed E-state index contributed by atoms with van der Waals surface area (Å²) in [5, 5.41) is 2.89. The molecule has 7 heteroatoms. The first kappa shape index (κ1) is 30.5. The van der Waals surface area contributed by atoms with Gasteiger partial charge in [0.15, 0.2) is 0 Å². The third-order valence-electron chi connectivity index (χ3n) is 4.94. The Morgan fingerprint density at radius 3 is 1.16 bits per heavy atom. The van der Waals surface area contributed by atoms with Crippen molar-refractivity contribution in [1.82, 2.24) is 9.13 Å².